The molecule has 0 saturated heterocycles. The molecule has 0 atom stereocenters. The van der Waals surface area contributed by atoms with E-state index >= 15 is 4.39 Å². The minimum Gasteiger partial charge on any atom is -0.206 e. The fourth-order valence-electron chi connectivity index (χ4n) is 4.29. The van der Waals surface area contributed by atoms with Gasteiger partial charge >= 0.3 is 0 Å². The van der Waals surface area contributed by atoms with Crippen molar-refractivity contribution in [1.29, 1.82) is 0 Å². The van der Waals surface area contributed by atoms with Gasteiger partial charge in [0.25, 0.3) is 0 Å². The third-order valence-electron chi connectivity index (χ3n) is 5.77. The number of benzene rings is 5. The van der Waals surface area contributed by atoms with Crippen LogP contribution in [-0.2, 0) is 0 Å². The number of hydrogen-bond acceptors (Lipinski definition) is 0. The average molecular weight is 510 g/mol. The van der Waals surface area contributed by atoms with Crippen molar-refractivity contribution in [1.82, 2.24) is 0 Å². The van der Waals surface area contributed by atoms with Gasteiger partial charge in [-0.25, -0.2) is 43.9 Å². The summed E-state index contributed by atoms with van der Waals surface area (Å²) in [7, 11) is 0. The molecule has 10 heteroatoms. The van der Waals surface area contributed by atoms with E-state index in [1.807, 2.05) is 0 Å². The van der Waals surface area contributed by atoms with Crippen LogP contribution in [0.25, 0.3) is 43.8 Å². The van der Waals surface area contributed by atoms with Crippen LogP contribution in [0.5, 0.6) is 0 Å². The van der Waals surface area contributed by atoms with Gasteiger partial charge in [0, 0.05) is 22.6 Å². The first-order valence-corrected chi connectivity index (χ1v) is 10.0. The number of halogens is 10. The molecule has 0 radical (unpaired) electrons. The van der Waals surface area contributed by atoms with E-state index in [-0.39, 0.29) is 6.07 Å². The van der Waals surface area contributed by atoms with Crippen LogP contribution in [-0.4, -0.2) is 0 Å². The van der Waals surface area contributed by atoms with Crippen LogP contribution in [0.3, 0.4) is 0 Å². The largest absolute Gasteiger partial charge is 0.206 e. The molecular formula is C26H8F10. The summed E-state index contributed by atoms with van der Waals surface area (Å²) < 4.78 is 144. The predicted octanol–water partition coefficient (Wildman–Crippen LogP) is 8.72. The van der Waals surface area contributed by atoms with Gasteiger partial charge in [-0.15, -0.1) is 0 Å². The molecule has 0 heterocycles. The highest BCUT2D eigenvalue weighted by atomic mass is 19.2. The molecule has 0 nitrogen and oxygen atoms in total. The summed E-state index contributed by atoms with van der Waals surface area (Å²) in [5.74, 6) is -17.0. The van der Waals surface area contributed by atoms with Crippen LogP contribution in [0, 0.1) is 58.2 Å². The van der Waals surface area contributed by atoms with Gasteiger partial charge in [0.1, 0.15) is 5.82 Å². The zero-order chi connectivity index (χ0) is 26.0. The lowest BCUT2D eigenvalue weighted by molar-refractivity contribution is 0.448. The van der Waals surface area contributed by atoms with Crippen molar-refractivity contribution >= 4 is 21.5 Å². The van der Waals surface area contributed by atoms with E-state index in [9.17, 15) is 39.5 Å². The van der Waals surface area contributed by atoms with Crippen molar-refractivity contribution in [2.24, 2.45) is 0 Å². The lowest BCUT2D eigenvalue weighted by atomic mass is 9.85. The minimum absolute atomic E-state index is 0.0716. The predicted molar refractivity (Wildman–Crippen MR) is 112 cm³/mol. The minimum atomic E-state index is -1.91. The third kappa shape index (κ3) is 3.39. The summed E-state index contributed by atoms with van der Waals surface area (Å²) in [5, 5.41) is -2.18. The zero-order valence-electron chi connectivity index (χ0n) is 17.4. The Bertz CT molecular complexity index is 1690. The highest BCUT2D eigenvalue weighted by molar-refractivity contribution is 6.21. The first-order chi connectivity index (χ1) is 17.0. The van der Waals surface area contributed by atoms with Crippen LogP contribution in [0.15, 0.2) is 48.5 Å². The van der Waals surface area contributed by atoms with Gasteiger partial charge in [-0.2, -0.15) is 0 Å². The van der Waals surface area contributed by atoms with Gasteiger partial charge in [-0.05, 0) is 52.1 Å². The summed E-state index contributed by atoms with van der Waals surface area (Å²) in [6.07, 6.45) is 0. The quantitative estimate of drug-likeness (QED) is 0.0965. The maximum absolute atomic E-state index is 15.2. The van der Waals surface area contributed by atoms with Crippen LogP contribution in [0.2, 0.25) is 0 Å². The molecule has 5 aromatic carbocycles. The van der Waals surface area contributed by atoms with E-state index in [0.29, 0.717) is 24.3 Å². The lowest BCUT2D eigenvalue weighted by Crippen LogP contribution is -2.02. The highest BCUT2D eigenvalue weighted by Crippen LogP contribution is 2.47. The van der Waals surface area contributed by atoms with Crippen LogP contribution in [0.1, 0.15) is 0 Å². The zero-order valence-corrected chi connectivity index (χ0v) is 17.4. The SMILES string of the molecule is Fc1cc2c(-c3c(F)c(F)cc(F)c3F)c3cccc(F)c3c(-c3cc(F)c(F)c(F)c3)c2cc1F. The molecule has 0 bridgehead atoms. The normalized spacial score (nSPS) is 11.6. The fraction of sp³-hybridized carbons (Fsp3) is 0. The molecule has 5 rings (SSSR count). The topological polar surface area (TPSA) is 0 Å². The molecule has 0 unspecified atom stereocenters. The molecule has 0 fully saturated rings. The maximum Gasteiger partial charge on any atom is 0.194 e. The van der Waals surface area contributed by atoms with Gasteiger partial charge < -0.3 is 0 Å². The molecular weight excluding hydrogens is 502 g/mol. The number of fused-ring (bicyclic) bond motifs is 2. The van der Waals surface area contributed by atoms with Crippen LogP contribution < -0.4 is 0 Å². The van der Waals surface area contributed by atoms with Crippen molar-refractivity contribution in [3.8, 4) is 22.3 Å². The van der Waals surface area contributed by atoms with Gasteiger partial charge in [-0.1, -0.05) is 12.1 Å². The summed E-state index contributed by atoms with van der Waals surface area (Å²) >= 11 is 0. The Balaban J connectivity index is 2.12. The lowest BCUT2D eigenvalue weighted by Gasteiger charge is -2.19. The molecule has 0 N–H and O–H groups in total. The number of hydrogen-bond donors (Lipinski definition) is 0. The molecule has 0 amide bonds. The summed E-state index contributed by atoms with van der Waals surface area (Å²) in [6.45, 7) is 0. The highest BCUT2D eigenvalue weighted by Gasteiger charge is 2.28. The Morgan fingerprint density at radius 1 is 0.361 bits per heavy atom. The molecule has 5 aromatic rings. The van der Waals surface area contributed by atoms with Crippen LogP contribution in [0.4, 0.5) is 43.9 Å². The van der Waals surface area contributed by atoms with Crippen molar-refractivity contribution in [2.75, 3.05) is 0 Å². The van der Waals surface area contributed by atoms with E-state index in [1.54, 1.807) is 0 Å². The van der Waals surface area contributed by atoms with Gasteiger partial charge in [0.2, 0.25) is 0 Å². The standard InChI is InChI=1S/C26H8F10/c27-13-3-1-2-10-21(23-25(35)18(32)8-19(33)26(23)36)12-7-15(29)14(28)6-11(12)20(22(10)13)9-4-16(30)24(34)17(31)5-9/h1-8H. The Hall–Kier alpha value is -4.08. The van der Waals surface area contributed by atoms with Gasteiger partial charge in [0.05, 0.1) is 5.56 Å². The Labute approximate surface area is 195 Å². The molecule has 0 aliphatic heterocycles. The number of rotatable bonds is 2. The molecule has 182 valence electrons. The van der Waals surface area contributed by atoms with E-state index in [4.69, 9.17) is 0 Å². The smallest absolute Gasteiger partial charge is 0.194 e. The van der Waals surface area contributed by atoms with Gasteiger partial charge in [0.15, 0.2) is 52.4 Å². The van der Waals surface area contributed by atoms with Crippen molar-refractivity contribution in [3.63, 3.8) is 0 Å². The molecule has 0 saturated carbocycles. The van der Waals surface area contributed by atoms with E-state index < -0.39 is 102 Å². The Kier molecular flexibility index (Phi) is 5.42. The third-order valence-corrected chi connectivity index (χ3v) is 5.77. The molecule has 0 spiro atoms. The van der Waals surface area contributed by atoms with E-state index in [2.05, 4.69) is 0 Å². The molecule has 0 aliphatic rings. The van der Waals surface area contributed by atoms with Gasteiger partial charge in [-0.3, -0.25) is 0 Å². The second-order valence-corrected chi connectivity index (χ2v) is 7.82. The average Bonchev–Trinajstić information content (AvgIpc) is 2.82. The monoisotopic (exact) mass is 510 g/mol. The summed E-state index contributed by atoms with van der Waals surface area (Å²) in [5.41, 5.74) is -3.12. The van der Waals surface area contributed by atoms with Crippen molar-refractivity contribution < 1.29 is 43.9 Å². The van der Waals surface area contributed by atoms with Crippen LogP contribution >= 0.6 is 0 Å². The maximum atomic E-state index is 15.2. The Morgan fingerprint density at radius 2 is 0.861 bits per heavy atom. The summed E-state index contributed by atoms with van der Waals surface area (Å²) in [4.78, 5) is 0. The Morgan fingerprint density at radius 3 is 1.42 bits per heavy atom. The second-order valence-electron chi connectivity index (χ2n) is 7.82. The second kappa shape index (κ2) is 8.25. The van der Waals surface area contributed by atoms with E-state index in [1.165, 1.54) is 0 Å². The van der Waals surface area contributed by atoms with Crippen molar-refractivity contribution in [3.05, 3.63) is 107 Å². The first-order valence-electron chi connectivity index (χ1n) is 10.0. The van der Waals surface area contributed by atoms with E-state index in [0.717, 1.165) is 18.2 Å². The fourth-order valence-corrected chi connectivity index (χ4v) is 4.29. The first kappa shape index (κ1) is 23.7. The van der Waals surface area contributed by atoms with Crippen molar-refractivity contribution in [2.45, 2.75) is 0 Å². The molecule has 0 aliphatic carbocycles. The summed E-state index contributed by atoms with van der Waals surface area (Å²) in [6, 6.07) is 4.69. The molecule has 36 heavy (non-hydrogen) atoms. The molecule has 0 aromatic heterocycles.